The van der Waals surface area contributed by atoms with Crippen LogP contribution >= 0.6 is 0 Å². The molecule has 0 amide bonds. The first-order valence-electron chi connectivity index (χ1n) is 4.18. The van der Waals surface area contributed by atoms with Crippen LogP contribution in [0.25, 0.3) is 0 Å². The van der Waals surface area contributed by atoms with Crippen molar-refractivity contribution < 1.29 is 14.4 Å². The molecule has 0 unspecified atom stereocenters. The molecule has 0 radical (unpaired) electrons. The lowest BCUT2D eigenvalue weighted by molar-refractivity contribution is -0.135. The van der Waals surface area contributed by atoms with E-state index in [1.54, 1.807) is 6.92 Å². The highest BCUT2D eigenvalue weighted by Crippen LogP contribution is 2.13. The molecule has 0 heterocycles. The Morgan fingerprint density at radius 2 is 1.33 bits per heavy atom. The van der Waals surface area contributed by atoms with Gasteiger partial charge in [-0.05, 0) is 6.92 Å². The Bertz CT molecular complexity index is 208. The van der Waals surface area contributed by atoms with E-state index < -0.39 is 5.92 Å². The van der Waals surface area contributed by atoms with Crippen molar-refractivity contribution in [3.05, 3.63) is 0 Å². The van der Waals surface area contributed by atoms with Gasteiger partial charge in [-0.1, -0.05) is 0 Å². The molecule has 0 N–H and O–H groups in total. The Balaban J connectivity index is 2.67. The van der Waals surface area contributed by atoms with E-state index in [0.717, 1.165) is 0 Å². The lowest BCUT2D eigenvalue weighted by atomic mass is 9.90. The van der Waals surface area contributed by atoms with Crippen LogP contribution in [-0.2, 0) is 14.4 Å². The van der Waals surface area contributed by atoms with E-state index in [0.29, 0.717) is 12.8 Å². The molecule has 0 spiro atoms. The van der Waals surface area contributed by atoms with Gasteiger partial charge in [0.2, 0.25) is 0 Å². The zero-order valence-electron chi connectivity index (χ0n) is 7.13. The second kappa shape index (κ2) is 3.61. The van der Waals surface area contributed by atoms with Gasteiger partial charge in [0, 0.05) is 25.7 Å². The third-order valence-corrected chi connectivity index (χ3v) is 2.27. The van der Waals surface area contributed by atoms with Crippen molar-refractivity contribution in [2.75, 3.05) is 0 Å². The summed E-state index contributed by atoms with van der Waals surface area (Å²) >= 11 is 0. The van der Waals surface area contributed by atoms with Gasteiger partial charge in [0.1, 0.15) is 17.3 Å². The smallest absolute Gasteiger partial charge is 0.143 e. The average molecular weight is 168 g/mol. The minimum absolute atomic E-state index is 0.0311. The van der Waals surface area contributed by atoms with Crippen molar-refractivity contribution >= 4 is 17.3 Å². The number of carbonyl (C=O) groups is 3. The minimum Gasteiger partial charge on any atom is -0.300 e. The molecule has 3 nitrogen and oxygen atoms in total. The van der Waals surface area contributed by atoms with Crippen molar-refractivity contribution in [3.8, 4) is 0 Å². The molecule has 66 valence electrons. The molecule has 1 saturated carbocycles. The van der Waals surface area contributed by atoms with Gasteiger partial charge in [-0.2, -0.15) is 0 Å². The Morgan fingerprint density at radius 1 is 0.917 bits per heavy atom. The highest BCUT2D eigenvalue weighted by atomic mass is 16.2. The summed E-state index contributed by atoms with van der Waals surface area (Å²) in [5.74, 6) is -0.636. The maximum absolute atomic E-state index is 11.1. The fraction of sp³-hybridized carbons (Fsp3) is 0.667. The Morgan fingerprint density at radius 3 is 1.75 bits per heavy atom. The van der Waals surface area contributed by atoms with Crippen molar-refractivity contribution in [2.24, 2.45) is 5.92 Å². The maximum Gasteiger partial charge on any atom is 0.143 e. The summed E-state index contributed by atoms with van der Waals surface area (Å²) in [4.78, 5) is 33.2. The van der Waals surface area contributed by atoms with Gasteiger partial charge in [0.05, 0.1) is 5.92 Å². The normalized spacial score (nSPS) is 22.2. The monoisotopic (exact) mass is 168 g/mol. The predicted octanol–water partition coefficient (Wildman–Crippen LogP) is 0.904. The van der Waals surface area contributed by atoms with Crippen LogP contribution in [0.1, 0.15) is 32.6 Å². The van der Waals surface area contributed by atoms with Gasteiger partial charge in [-0.15, -0.1) is 0 Å². The van der Waals surface area contributed by atoms with Crippen LogP contribution in [0.5, 0.6) is 0 Å². The number of hydrogen-bond acceptors (Lipinski definition) is 3. The molecule has 0 saturated heterocycles. The first-order valence-corrected chi connectivity index (χ1v) is 4.18. The molecule has 0 aliphatic heterocycles. The van der Waals surface area contributed by atoms with Crippen molar-refractivity contribution in [1.82, 2.24) is 0 Å². The minimum atomic E-state index is -0.488. The van der Waals surface area contributed by atoms with Crippen molar-refractivity contribution in [3.63, 3.8) is 0 Å². The standard InChI is InChI=1S/C9H12O3/c1-6-8(11)4-2-7(10)3-5-9(6)12/h6H,2-5H2,1H3. The maximum atomic E-state index is 11.1. The summed E-state index contributed by atoms with van der Waals surface area (Å²) in [6, 6.07) is 0. The second-order valence-electron chi connectivity index (χ2n) is 3.19. The average Bonchev–Trinajstić information content (AvgIpc) is 2.07. The zero-order valence-corrected chi connectivity index (χ0v) is 7.13. The number of Topliss-reactive ketones (excluding diaryl/α,β-unsaturated/α-hetero) is 3. The second-order valence-corrected chi connectivity index (χ2v) is 3.19. The molecule has 1 fully saturated rings. The van der Waals surface area contributed by atoms with Crippen LogP contribution in [0.2, 0.25) is 0 Å². The molecule has 0 aromatic carbocycles. The Labute approximate surface area is 71.1 Å². The molecule has 12 heavy (non-hydrogen) atoms. The van der Waals surface area contributed by atoms with Crippen LogP contribution in [0.3, 0.4) is 0 Å². The third-order valence-electron chi connectivity index (χ3n) is 2.27. The van der Waals surface area contributed by atoms with Gasteiger partial charge in [0.25, 0.3) is 0 Å². The van der Waals surface area contributed by atoms with Crippen LogP contribution in [0.4, 0.5) is 0 Å². The van der Waals surface area contributed by atoms with Crippen molar-refractivity contribution in [2.45, 2.75) is 32.6 Å². The number of carbonyl (C=O) groups excluding carboxylic acids is 3. The van der Waals surface area contributed by atoms with Crippen LogP contribution in [-0.4, -0.2) is 17.3 Å². The molecule has 1 aliphatic rings. The van der Waals surface area contributed by atoms with Crippen LogP contribution in [0.15, 0.2) is 0 Å². The lowest BCUT2D eigenvalue weighted by Gasteiger charge is -2.11. The third kappa shape index (κ3) is 2.00. The SMILES string of the molecule is CC1C(=O)CCC(=O)CCC1=O. The highest BCUT2D eigenvalue weighted by Gasteiger charge is 2.24. The van der Waals surface area contributed by atoms with Gasteiger partial charge in [-0.25, -0.2) is 0 Å². The molecule has 0 atom stereocenters. The predicted molar refractivity (Wildman–Crippen MR) is 42.7 cm³/mol. The zero-order chi connectivity index (χ0) is 9.14. The molecule has 1 aliphatic carbocycles. The van der Waals surface area contributed by atoms with E-state index in [1.807, 2.05) is 0 Å². The number of rotatable bonds is 0. The molecular formula is C9H12O3. The number of ketones is 3. The van der Waals surface area contributed by atoms with E-state index in [1.165, 1.54) is 0 Å². The summed E-state index contributed by atoms with van der Waals surface area (Å²) in [6.45, 7) is 1.63. The Kier molecular flexibility index (Phi) is 2.74. The summed E-state index contributed by atoms with van der Waals surface area (Å²) in [6.07, 6.45) is 1.12. The topological polar surface area (TPSA) is 51.2 Å². The van der Waals surface area contributed by atoms with Gasteiger partial charge >= 0.3 is 0 Å². The first kappa shape index (κ1) is 9.10. The summed E-state index contributed by atoms with van der Waals surface area (Å²) in [7, 11) is 0. The lowest BCUT2D eigenvalue weighted by Crippen LogP contribution is -2.24. The summed E-state index contributed by atoms with van der Waals surface area (Å²) in [5, 5.41) is 0. The summed E-state index contributed by atoms with van der Waals surface area (Å²) in [5.41, 5.74) is 0. The first-order chi connectivity index (χ1) is 5.61. The largest absolute Gasteiger partial charge is 0.300 e. The van der Waals surface area contributed by atoms with Crippen LogP contribution in [0, 0.1) is 5.92 Å². The van der Waals surface area contributed by atoms with E-state index in [2.05, 4.69) is 0 Å². The molecular weight excluding hydrogens is 156 g/mol. The van der Waals surface area contributed by atoms with E-state index in [4.69, 9.17) is 0 Å². The van der Waals surface area contributed by atoms with E-state index >= 15 is 0 Å². The fourth-order valence-electron chi connectivity index (χ4n) is 1.26. The van der Waals surface area contributed by atoms with Crippen LogP contribution < -0.4 is 0 Å². The molecule has 0 aromatic rings. The van der Waals surface area contributed by atoms with Gasteiger partial charge < -0.3 is 0 Å². The molecule has 0 bridgehead atoms. The highest BCUT2D eigenvalue weighted by molar-refractivity contribution is 6.05. The quantitative estimate of drug-likeness (QED) is 0.505. The van der Waals surface area contributed by atoms with Gasteiger partial charge in [-0.3, -0.25) is 14.4 Å². The molecule has 1 rings (SSSR count). The van der Waals surface area contributed by atoms with E-state index in [9.17, 15) is 14.4 Å². The molecule has 0 aromatic heterocycles. The van der Waals surface area contributed by atoms with Gasteiger partial charge in [0.15, 0.2) is 0 Å². The summed E-state index contributed by atoms with van der Waals surface area (Å²) < 4.78 is 0. The van der Waals surface area contributed by atoms with E-state index in [-0.39, 0.29) is 30.2 Å². The Hall–Kier alpha value is -0.990. The fourth-order valence-corrected chi connectivity index (χ4v) is 1.26. The number of hydrogen-bond donors (Lipinski definition) is 0. The van der Waals surface area contributed by atoms with Crippen molar-refractivity contribution in [1.29, 1.82) is 0 Å². The molecule has 3 heteroatoms.